The number of carbonyl (C=O) groups excluding carboxylic acids is 2. The molecule has 2 aromatic heterocycles. The van der Waals surface area contributed by atoms with E-state index >= 15 is 0 Å². The molecular formula is C17H21N5O4. The Hall–Kier alpha value is -2.97. The van der Waals surface area contributed by atoms with Crippen molar-refractivity contribution in [2.24, 2.45) is 5.92 Å². The Morgan fingerprint density at radius 2 is 2.19 bits per heavy atom. The zero-order valence-electron chi connectivity index (χ0n) is 14.6. The zero-order valence-corrected chi connectivity index (χ0v) is 14.6. The number of aryl methyl sites for hydroxylation is 1. The van der Waals surface area contributed by atoms with Gasteiger partial charge in [-0.05, 0) is 31.9 Å². The quantitative estimate of drug-likeness (QED) is 0.808. The van der Waals surface area contributed by atoms with Crippen LogP contribution in [-0.4, -0.2) is 51.5 Å². The van der Waals surface area contributed by atoms with E-state index in [1.165, 1.54) is 0 Å². The molecule has 0 aliphatic carbocycles. The van der Waals surface area contributed by atoms with Gasteiger partial charge in [-0.1, -0.05) is 5.16 Å². The summed E-state index contributed by atoms with van der Waals surface area (Å²) in [5, 5.41) is 6.48. The fraction of sp³-hybridized carbons (Fsp3) is 0.471. The molecule has 1 saturated heterocycles. The smallest absolute Gasteiger partial charge is 0.260 e. The highest BCUT2D eigenvalue weighted by Crippen LogP contribution is 2.18. The van der Waals surface area contributed by atoms with E-state index in [-0.39, 0.29) is 30.9 Å². The molecule has 0 unspecified atom stereocenters. The summed E-state index contributed by atoms with van der Waals surface area (Å²) in [7, 11) is 0. The molecule has 0 bridgehead atoms. The Morgan fingerprint density at radius 3 is 2.85 bits per heavy atom. The van der Waals surface area contributed by atoms with Gasteiger partial charge in [0.05, 0.1) is 12.7 Å². The fourth-order valence-corrected chi connectivity index (χ4v) is 2.78. The summed E-state index contributed by atoms with van der Waals surface area (Å²) >= 11 is 0. The Kier molecular flexibility index (Phi) is 5.77. The second kappa shape index (κ2) is 8.41. The van der Waals surface area contributed by atoms with Crippen LogP contribution in [0.5, 0.6) is 5.75 Å². The highest BCUT2D eigenvalue weighted by Gasteiger charge is 2.27. The first-order chi connectivity index (χ1) is 12.6. The minimum atomic E-state index is -0.123. The lowest BCUT2D eigenvalue weighted by Crippen LogP contribution is -2.44. The standard InChI is InChI=1S/C17H21N5O4/c1-12-20-15(26-21-12)10-19-17(24)13-4-7-22(8-5-13)16(23)11-25-14-3-2-6-18-9-14/h2-3,6,9,13H,4-5,7-8,10-11H2,1H3,(H,19,24). The number of amides is 2. The number of piperidine rings is 1. The van der Waals surface area contributed by atoms with Gasteiger partial charge in [-0.3, -0.25) is 14.6 Å². The number of likely N-dealkylation sites (tertiary alicyclic amines) is 1. The molecule has 1 N–H and O–H groups in total. The van der Waals surface area contributed by atoms with Crippen LogP contribution in [0.25, 0.3) is 0 Å². The first kappa shape index (κ1) is 17.8. The number of carbonyl (C=O) groups is 2. The summed E-state index contributed by atoms with van der Waals surface area (Å²) in [6.45, 7) is 2.98. The highest BCUT2D eigenvalue weighted by atomic mass is 16.5. The number of hydrogen-bond acceptors (Lipinski definition) is 7. The van der Waals surface area contributed by atoms with Crippen LogP contribution in [0, 0.1) is 12.8 Å². The predicted molar refractivity (Wildman–Crippen MR) is 89.9 cm³/mol. The third-order valence-corrected chi connectivity index (χ3v) is 4.20. The zero-order chi connectivity index (χ0) is 18.4. The molecule has 0 atom stereocenters. The van der Waals surface area contributed by atoms with Crippen LogP contribution in [0.2, 0.25) is 0 Å². The number of nitrogens with zero attached hydrogens (tertiary/aromatic N) is 4. The predicted octanol–water partition coefficient (Wildman–Crippen LogP) is 0.707. The molecule has 2 amide bonds. The maximum atomic E-state index is 12.2. The van der Waals surface area contributed by atoms with Crippen molar-refractivity contribution >= 4 is 11.8 Å². The van der Waals surface area contributed by atoms with Crippen molar-refractivity contribution in [3.8, 4) is 5.75 Å². The molecule has 9 nitrogen and oxygen atoms in total. The topological polar surface area (TPSA) is 110 Å². The van der Waals surface area contributed by atoms with Gasteiger partial charge in [-0.25, -0.2) is 0 Å². The van der Waals surface area contributed by atoms with Crippen LogP contribution in [0.15, 0.2) is 29.0 Å². The van der Waals surface area contributed by atoms with Crippen LogP contribution in [-0.2, 0) is 16.1 Å². The summed E-state index contributed by atoms with van der Waals surface area (Å²) in [5.74, 6) is 1.22. The van der Waals surface area contributed by atoms with Gasteiger partial charge in [-0.15, -0.1) is 0 Å². The molecule has 26 heavy (non-hydrogen) atoms. The van der Waals surface area contributed by atoms with E-state index in [1.54, 1.807) is 36.4 Å². The molecule has 138 valence electrons. The molecule has 1 aliphatic heterocycles. The Bertz CT molecular complexity index is 741. The normalized spacial score (nSPS) is 14.9. The van der Waals surface area contributed by atoms with Crippen molar-refractivity contribution in [1.29, 1.82) is 0 Å². The Morgan fingerprint density at radius 1 is 1.38 bits per heavy atom. The molecule has 0 spiro atoms. The average Bonchev–Trinajstić information content (AvgIpc) is 3.10. The van der Waals surface area contributed by atoms with Crippen LogP contribution in [0.4, 0.5) is 0 Å². The second-order valence-electron chi connectivity index (χ2n) is 6.09. The van der Waals surface area contributed by atoms with E-state index in [4.69, 9.17) is 9.26 Å². The molecule has 3 rings (SSSR count). The van der Waals surface area contributed by atoms with E-state index < -0.39 is 0 Å². The molecule has 0 saturated carbocycles. The van der Waals surface area contributed by atoms with Gasteiger partial charge in [0.1, 0.15) is 5.75 Å². The summed E-state index contributed by atoms with van der Waals surface area (Å²) < 4.78 is 10.4. The third kappa shape index (κ3) is 4.78. The lowest BCUT2D eigenvalue weighted by atomic mass is 9.96. The second-order valence-corrected chi connectivity index (χ2v) is 6.09. The van der Waals surface area contributed by atoms with E-state index in [2.05, 4.69) is 20.4 Å². The van der Waals surface area contributed by atoms with E-state index in [1.807, 2.05) is 0 Å². The Labute approximate surface area is 150 Å². The first-order valence-electron chi connectivity index (χ1n) is 8.49. The van der Waals surface area contributed by atoms with Crippen LogP contribution >= 0.6 is 0 Å². The van der Waals surface area contributed by atoms with Crippen LogP contribution < -0.4 is 10.1 Å². The molecular weight excluding hydrogens is 338 g/mol. The summed E-state index contributed by atoms with van der Waals surface area (Å²) in [4.78, 5) is 34.1. The van der Waals surface area contributed by atoms with Crippen LogP contribution in [0.3, 0.4) is 0 Å². The van der Waals surface area contributed by atoms with Crippen molar-refractivity contribution < 1.29 is 18.8 Å². The maximum Gasteiger partial charge on any atom is 0.260 e. The number of hydrogen-bond donors (Lipinski definition) is 1. The minimum Gasteiger partial charge on any atom is -0.482 e. The van der Waals surface area contributed by atoms with E-state index in [0.717, 1.165) is 0 Å². The van der Waals surface area contributed by atoms with Gasteiger partial charge in [-0.2, -0.15) is 4.98 Å². The van der Waals surface area contributed by atoms with Gasteiger partial charge in [0, 0.05) is 25.2 Å². The lowest BCUT2D eigenvalue weighted by molar-refractivity contribution is -0.137. The molecule has 1 aliphatic rings. The van der Waals surface area contributed by atoms with Gasteiger partial charge < -0.3 is 19.5 Å². The van der Waals surface area contributed by atoms with Crippen LogP contribution in [0.1, 0.15) is 24.6 Å². The van der Waals surface area contributed by atoms with Crippen molar-refractivity contribution in [1.82, 2.24) is 25.3 Å². The van der Waals surface area contributed by atoms with E-state index in [0.29, 0.717) is 43.4 Å². The number of pyridine rings is 1. The summed E-state index contributed by atoms with van der Waals surface area (Å²) in [6, 6.07) is 3.50. The summed E-state index contributed by atoms with van der Waals surface area (Å²) in [5.41, 5.74) is 0. The number of aromatic nitrogens is 3. The largest absolute Gasteiger partial charge is 0.482 e. The maximum absolute atomic E-state index is 12.2. The lowest BCUT2D eigenvalue weighted by Gasteiger charge is -2.31. The average molecular weight is 359 g/mol. The SMILES string of the molecule is Cc1noc(CNC(=O)C2CCN(C(=O)COc3cccnc3)CC2)n1. The van der Waals surface area contributed by atoms with Crippen molar-refractivity contribution in [2.45, 2.75) is 26.3 Å². The van der Waals surface area contributed by atoms with Gasteiger partial charge in [0.2, 0.25) is 11.8 Å². The highest BCUT2D eigenvalue weighted by molar-refractivity contribution is 5.80. The molecule has 2 aromatic rings. The third-order valence-electron chi connectivity index (χ3n) is 4.20. The number of ether oxygens (including phenoxy) is 1. The molecule has 0 aromatic carbocycles. The van der Waals surface area contributed by atoms with Crippen molar-refractivity contribution in [3.05, 3.63) is 36.2 Å². The first-order valence-corrected chi connectivity index (χ1v) is 8.49. The Balaban J connectivity index is 1.39. The molecule has 0 radical (unpaired) electrons. The summed E-state index contributed by atoms with van der Waals surface area (Å²) in [6.07, 6.45) is 4.44. The van der Waals surface area contributed by atoms with Gasteiger partial charge in [0.15, 0.2) is 12.4 Å². The van der Waals surface area contributed by atoms with Gasteiger partial charge in [0.25, 0.3) is 5.91 Å². The number of rotatable bonds is 6. The van der Waals surface area contributed by atoms with Crippen molar-refractivity contribution in [2.75, 3.05) is 19.7 Å². The monoisotopic (exact) mass is 359 g/mol. The molecule has 9 heteroatoms. The number of nitrogens with one attached hydrogen (secondary N) is 1. The molecule has 3 heterocycles. The molecule has 1 fully saturated rings. The van der Waals surface area contributed by atoms with Gasteiger partial charge >= 0.3 is 0 Å². The minimum absolute atomic E-state index is 0.0287. The van der Waals surface area contributed by atoms with Crippen molar-refractivity contribution in [3.63, 3.8) is 0 Å². The fourth-order valence-electron chi connectivity index (χ4n) is 2.78. The van der Waals surface area contributed by atoms with E-state index in [9.17, 15) is 9.59 Å².